The van der Waals surface area contributed by atoms with Crippen LogP contribution in [0.4, 0.5) is 0 Å². The third-order valence-electron chi connectivity index (χ3n) is 4.79. The summed E-state index contributed by atoms with van der Waals surface area (Å²) in [5.41, 5.74) is 7.57. The van der Waals surface area contributed by atoms with Crippen LogP contribution in [0.1, 0.15) is 64.7 Å². The summed E-state index contributed by atoms with van der Waals surface area (Å²) in [5.74, 6) is 2.58. The van der Waals surface area contributed by atoms with Gasteiger partial charge in [-0.1, -0.05) is 50.7 Å². The molecule has 2 saturated carbocycles. The molecule has 2 aliphatic carbocycles. The monoisotopic (exact) mass is 235 g/mol. The van der Waals surface area contributed by atoms with Gasteiger partial charge in [-0.3, -0.25) is 0 Å². The molecular formula is C16H29N. The standard InChI is InChI=1S/C16H29N/c1-13-6-5-7-14(10-13)11-16(12-17)15-8-3-2-4-9-15/h11,13-15H,2-10,12,17H2,1H3/b16-11-. The Morgan fingerprint density at radius 2 is 1.82 bits per heavy atom. The van der Waals surface area contributed by atoms with E-state index in [0.717, 1.165) is 24.3 Å². The van der Waals surface area contributed by atoms with Crippen LogP contribution in [0.15, 0.2) is 11.6 Å². The van der Waals surface area contributed by atoms with Crippen LogP contribution in [0.5, 0.6) is 0 Å². The second-order valence-corrected chi connectivity index (χ2v) is 6.31. The first-order chi connectivity index (χ1) is 8.29. The summed E-state index contributed by atoms with van der Waals surface area (Å²) in [4.78, 5) is 0. The quantitative estimate of drug-likeness (QED) is 0.726. The highest BCUT2D eigenvalue weighted by atomic mass is 14.5. The van der Waals surface area contributed by atoms with E-state index in [4.69, 9.17) is 5.73 Å². The van der Waals surface area contributed by atoms with E-state index in [0.29, 0.717) is 0 Å². The minimum atomic E-state index is 0.801. The smallest absolute Gasteiger partial charge is 0.0139 e. The van der Waals surface area contributed by atoms with Crippen LogP contribution in [0, 0.1) is 17.8 Å². The van der Waals surface area contributed by atoms with Gasteiger partial charge in [-0.25, -0.2) is 0 Å². The molecular weight excluding hydrogens is 206 g/mol. The maximum Gasteiger partial charge on any atom is 0.0139 e. The zero-order chi connectivity index (χ0) is 12.1. The summed E-state index contributed by atoms with van der Waals surface area (Å²) < 4.78 is 0. The van der Waals surface area contributed by atoms with Crippen LogP contribution >= 0.6 is 0 Å². The van der Waals surface area contributed by atoms with E-state index in [1.165, 1.54) is 57.8 Å². The Labute approximate surface area is 107 Å². The Hall–Kier alpha value is -0.300. The van der Waals surface area contributed by atoms with E-state index in [1.54, 1.807) is 5.57 Å². The van der Waals surface area contributed by atoms with E-state index in [1.807, 2.05) is 0 Å². The molecule has 1 nitrogen and oxygen atoms in total. The minimum Gasteiger partial charge on any atom is -0.327 e. The molecule has 0 aliphatic heterocycles. The van der Waals surface area contributed by atoms with Crippen LogP contribution in [0.3, 0.4) is 0 Å². The van der Waals surface area contributed by atoms with Crippen molar-refractivity contribution in [2.45, 2.75) is 64.7 Å². The molecule has 2 unspecified atom stereocenters. The topological polar surface area (TPSA) is 26.0 Å². The summed E-state index contributed by atoms with van der Waals surface area (Å²) in [6, 6.07) is 0. The molecule has 2 fully saturated rings. The first-order valence-corrected chi connectivity index (χ1v) is 7.70. The Bertz CT molecular complexity index is 250. The molecule has 2 aliphatic rings. The molecule has 0 radical (unpaired) electrons. The average Bonchev–Trinajstić information content (AvgIpc) is 2.37. The molecule has 2 rings (SSSR count). The fourth-order valence-electron chi connectivity index (χ4n) is 3.78. The Balaban J connectivity index is 1.95. The van der Waals surface area contributed by atoms with E-state index in [2.05, 4.69) is 13.0 Å². The van der Waals surface area contributed by atoms with E-state index < -0.39 is 0 Å². The van der Waals surface area contributed by atoms with E-state index in [9.17, 15) is 0 Å². The van der Waals surface area contributed by atoms with Gasteiger partial charge < -0.3 is 5.73 Å². The van der Waals surface area contributed by atoms with Gasteiger partial charge in [-0.2, -0.15) is 0 Å². The van der Waals surface area contributed by atoms with E-state index >= 15 is 0 Å². The molecule has 2 N–H and O–H groups in total. The molecule has 0 spiro atoms. The molecule has 0 saturated heterocycles. The van der Waals surface area contributed by atoms with Crippen molar-refractivity contribution in [3.05, 3.63) is 11.6 Å². The summed E-state index contributed by atoms with van der Waals surface area (Å²) in [5, 5.41) is 0. The third kappa shape index (κ3) is 3.84. The van der Waals surface area contributed by atoms with Crippen LogP contribution < -0.4 is 5.73 Å². The predicted molar refractivity (Wildman–Crippen MR) is 74.8 cm³/mol. The Kier molecular flexibility index (Phi) is 5.09. The molecule has 17 heavy (non-hydrogen) atoms. The van der Waals surface area contributed by atoms with Crippen molar-refractivity contribution in [3.63, 3.8) is 0 Å². The van der Waals surface area contributed by atoms with Crippen molar-refractivity contribution < 1.29 is 0 Å². The first-order valence-electron chi connectivity index (χ1n) is 7.70. The van der Waals surface area contributed by atoms with Gasteiger partial charge in [0.1, 0.15) is 0 Å². The lowest BCUT2D eigenvalue weighted by molar-refractivity contribution is 0.320. The van der Waals surface area contributed by atoms with Crippen molar-refractivity contribution in [2.75, 3.05) is 6.54 Å². The fourth-order valence-corrected chi connectivity index (χ4v) is 3.78. The maximum atomic E-state index is 5.99. The lowest BCUT2D eigenvalue weighted by Gasteiger charge is -2.28. The van der Waals surface area contributed by atoms with Crippen molar-refractivity contribution >= 4 is 0 Å². The van der Waals surface area contributed by atoms with Gasteiger partial charge in [0.2, 0.25) is 0 Å². The Morgan fingerprint density at radius 1 is 1.06 bits per heavy atom. The lowest BCUT2D eigenvalue weighted by Crippen LogP contribution is -2.19. The number of nitrogens with two attached hydrogens (primary N) is 1. The largest absolute Gasteiger partial charge is 0.327 e. The molecule has 1 heteroatoms. The zero-order valence-corrected chi connectivity index (χ0v) is 11.5. The van der Waals surface area contributed by atoms with Crippen LogP contribution in [0.2, 0.25) is 0 Å². The molecule has 98 valence electrons. The summed E-state index contributed by atoms with van der Waals surface area (Å²) in [6.45, 7) is 3.21. The highest BCUT2D eigenvalue weighted by Gasteiger charge is 2.21. The van der Waals surface area contributed by atoms with E-state index in [-0.39, 0.29) is 0 Å². The van der Waals surface area contributed by atoms with Crippen molar-refractivity contribution in [1.82, 2.24) is 0 Å². The first kappa shape index (κ1) is 13.1. The van der Waals surface area contributed by atoms with Gasteiger partial charge in [0, 0.05) is 6.54 Å². The van der Waals surface area contributed by atoms with Gasteiger partial charge in [0.15, 0.2) is 0 Å². The molecule has 0 aromatic carbocycles. The summed E-state index contributed by atoms with van der Waals surface area (Å²) in [6.07, 6.45) is 15.3. The number of hydrogen-bond donors (Lipinski definition) is 1. The maximum absolute atomic E-state index is 5.99. The number of rotatable bonds is 3. The van der Waals surface area contributed by atoms with Crippen LogP contribution in [0.25, 0.3) is 0 Å². The normalized spacial score (nSPS) is 32.7. The molecule has 2 atom stereocenters. The second kappa shape index (κ2) is 6.58. The highest BCUT2D eigenvalue weighted by Crippen LogP contribution is 2.34. The summed E-state index contributed by atoms with van der Waals surface area (Å²) >= 11 is 0. The SMILES string of the molecule is CC1CCCC(/C=C(/CN)C2CCCCC2)C1. The molecule has 0 aromatic rings. The lowest BCUT2D eigenvalue weighted by atomic mass is 9.78. The van der Waals surface area contributed by atoms with Crippen molar-refractivity contribution in [2.24, 2.45) is 23.5 Å². The zero-order valence-electron chi connectivity index (χ0n) is 11.5. The predicted octanol–water partition coefficient (Wildman–Crippen LogP) is 4.28. The average molecular weight is 235 g/mol. The number of allylic oxidation sites excluding steroid dienone is 1. The van der Waals surface area contributed by atoms with Crippen molar-refractivity contribution in [1.29, 1.82) is 0 Å². The van der Waals surface area contributed by atoms with Gasteiger partial charge in [0.05, 0.1) is 0 Å². The van der Waals surface area contributed by atoms with Crippen molar-refractivity contribution in [3.8, 4) is 0 Å². The van der Waals surface area contributed by atoms with Gasteiger partial charge in [0.25, 0.3) is 0 Å². The molecule has 0 aromatic heterocycles. The molecule has 0 bridgehead atoms. The highest BCUT2D eigenvalue weighted by molar-refractivity contribution is 5.11. The molecule has 0 amide bonds. The van der Waals surface area contributed by atoms with Crippen LogP contribution in [-0.2, 0) is 0 Å². The number of hydrogen-bond acceptors (Lipinski definition) is 1. The fraction of sp³-hybridized carbons (Fsp3) is 0.875. The van der Waals surface area contributed by atoms with Gasteiger partial charge >= 0.3 is 0 Å². The Morgan fingerprint density at radius 3 is 2.47 bits per heavy atom. The molecule has 0 heterocycles. The third-order valence-corrected chi connectivity index (χ3v) is 4.79. The van der Waals surface area contributed by atoms with Gasteiger partial charge in [-0.05, 0) is 43.4 Å². The minimum absolute atomic E-state index is 0.801. The second-order valence-electron chi connectivity index (χ2n) is 6.31. The van der Waals surface area contributed by atoms with Crippen LogP contribution in [-0.4, -0.2) is 6.54 Å². The summed E-state index contributed by atoms with van der Waals surface area (Å²) in [7, 11) is 0. The van der Waals surface area contributed by atoms with Gasteiger partial charge in [-0.15, -0.1) is 0 Å².